The fourth-order valence-electron chi connectivity index (χ4n) is 2.90. The minimum atomic E-state index is -0.511. The van der Waals surface area contributed by atoms with Crippen LogP contribution in [-0.2, 0) is 4.74 Å². The minimum Gasteiger partial charge on any atom is -0.383 e. The quantitative estimate of drug-likeness (QED) is 0.607. The highest BCUT2D eigenvalue weighted by atomic mass is 35.5. The molecule has 2 N–H and O–H groups in total. The summed E-state index contributed by atoms with van der Waals surface area (Å²) >= 11 is 0. The van der Waals surface area contributed by atoms with Gasteiger partial charge >= 0.3 is 0 Å². The number of carbonyl (C=O) groups excluding carboxylic acids is 1. The van der Waals surface area contributed by atoms with Crippen LogP contribution in [0.5, 0.6) is 0 Å². The zero-order valence-electron chi connectivity index (χ0n) is 13.3. The van der Waals surface area contributed by atoms with Gasteiger partial charge < -0.3 is 15.4 Å². The molecule has 1 saturated heterocycles. The van der Waals surface area contributed by atoms with Gasteiger partial charge in [0.1, 0.15) is 5.56 Å². The number of hydrogen-bond acceptors (Lipinski definition) is 5. The summed E-state index contributed by atoms with van der Waals surface area (Å²) < 4.78 is 5.23. The Kier molecular flexibility index (Phi) is 6.93. The van der Waals surface area contributed by atoms with Gasteiger partial charge in [-0.15, -0.1) is 12.4 Å². The van der Waals surface area contributed by atoms with Crippen molar-refractivity contribution in [2.75, 3.05) is 26.8 Å². The molecule has 2 rings (SSSR count). The second-order valence-corrected chi connectivity index (χ2v) is 5.65. The largest absolute Gasteiger partial charge is 0.383 e. The Hall–Kier alpha value is -1.70. The van der Waals surface area contributed by atoms with Crippen molar-refractivity contribution in [2.24, 2.45) is 0 Å². The predicted octanol–water partition coefficient (Wildman–Crippen LogP) is 1.82. The second kappa shape index (κ2) is 8.24. The Bertz CT molecular complexity index is 574. The summed E-state index contributed by atoms with van der Waals surface area (Å²) in [6.07, 6.45) is 1.92. The lowest BCUT2D eigenvalue weighted by atomic mass is 9.98. The van der Waals surface area contributed by atoms with E-state index in [-0.39, 0.29) is 29.2 Å². The van der Waals surface area contributed by atoms with Gasteiger partial charge in [0, 0.05) is 19.2 Å². The van der Waals surface area contributed by atoms with Gasteiger partial charge in [-0.3, -0.25) is 14.9 Å². The first-order chi connectivity index (χ1) is 10.5. The maximum absolute atomic E-state index is 12.3. The molecule has 0 aliphatic carbocycles. The molecule has 1 heterocycles. The molecule has 8 heteroatoms. The lowest BCUT2D eigenvalue weighted by Crippen LogP contribution is -2.53. The molecule has 1 fully saturated rings. The van der Waals surface area contributed by atoms with E-state index in [1.54, 1.807) is 26.2 Å². The second-order valence-electron chi connectivity index (χ2n) is 5.65. The third-order valence-corrected chi connectivity index (χ3v) is 4.01. The van der Waals surface area contributed by atoms with E-state index in [2.05, 4.69) is 10.6 Å². The minimum absolute atomic E-state index is 0. The van der Waals surface area contributed by atoms with Gasteiger partial charge in [0.05, 0.1) is 17.1 Å². The third kappa shape index (κ3) is 4.40. The number of nitrogens with zero attached hydrogens (tertiary/aromatic N) is 1. The van der Waals surface area contributed by atoms with E-state index in [4.69, 9.17) is 4.74 Å². The number of amides is 1. The van der Waals surface area contributed by atoms with Gasteiger partial charge in [-0.05, 0) is 32.4 Å². The molecule has 128 valence electrons. The highest BCUT2D eigenvalue weighted by molar-refractivity contribution is 5.98. The van der Waals surface area contributed by atoms with Gasteiger partial charge in [-0.2, -0.15) is 0 Å². The lowest BCUT2D eigenvalue weighted by Gasteiger charge is -2.28. The topological polar surface area (TPSA) is 93.5 Å². The van der Waals surface area contributed by atoms with Crippen molar-refractivity contribution in [1.82, 2.24) is 10.6 Å². The number of methoxy groups -OCH3 is 1. The Labute approximate surface area is 141 Å². The van der Waals surface area contributed by atoms with Crippen LogP contribution in [0.3, 0.4) is 0 Å². The van der Waals surface area contributed by atoms with Crippen LogP contribution in [0.2, 0.25) is 0 Å². The van der Waals surface area contributed by atoms with Crippen LogP contribution in [0.15, 0.2) is 18.2 Å². The average molecular weight is 344 g/mol. The zero-order valence-corrected chi connectivity index (χ0v) is 14.1. The van der Waals surface area contributed by atoms with Gasteiger partial charge in [0.2, 0.25) is 0 Å². The smallest absolute Gasteiger partial charge is 0.285 e. The summed E-state index contributed by atoms with van der Waals surface area (Å²) in [5.41, 5.74) is 0.141. The molecule has 0 saturated carbocycles. The summed E-state index contributed by atoms with van der Waals surface area (Å²) in [4.78, 5) is 23.0. The molecular formula is C15H22ClN3O4. The standard InChI is InChI=1S/C15H21N3O4.ClH/c1-11-5-3-6-12(13(11)18(20)21)14(19)16-9-15(10-22-2)7-4-8-17-15;/h3,5-6,17H,4,7-10H2,1-2H3,(H,16,19);1H. The highest BCUT2D eigenvalue weighted by Gasteiger charge is 2.34. The number of carbonyl (C=O) groups is 1. The van der Waals surface area contributed by atoms with Crippen LogP contribution >= 0.6 is 12.4 Å². The molecule has 1 unspecified atom stereocenters. The number of para-hydroxylation sites is 1. The third-order valence-electron chi connectivity index (χ3n) is 4.01. The molecule has 1 atom stereocenters. The summed E-state index contributed by atoms with van der Waals surface area (Å²) in [6.45, 7) is 3.37. The Morgan fingerprint density at radius 1 is 1.52 bits per heavy atom. The molecule has 7 nitrogen and oxygen atoms in total. The number of hydrogen-bond donors (Lipinski definition) is 2. The van der Waals surface area contributed by atoms with Crippen molar-refractivity contribution in [2.45, 2.75) is 25.3 Å². The van der Waals surface area contributed by atoms with Crippen LogP contribution < -0.4 is 10.6 Å². The van der Waals surface area contributed by atoms with Crippen LogP contribution in [-0.4, -0.2) is 43.2 Å². The van der Waals surface area contributed by atoms with E-state index in [0.717, 1.165) is 19.4 Å². The van der Waals surface area contributed by atoms with E-state index in [1.807, 2.05) is 0 Å². The first-order valence-corrected chi connectivity index (χ1v) is 7.25. The fourth-order valence-corrected chi connectivity index (χ4v) is 2.90. The van der Waals surface area contributed by atoms with Crippen molar-refractivity contribution in [1.29, 1.82) is 0 Å². The molecule has 0 aromatic heterocycles. The predicted molar refractivity (Wildman–Crippen MR) is 89.3 cm³/mol. The fraction of sp³-hybridized carbons (Fsp3) is 0.533. The van der Waals surface area contributed by atoms with Crippen molar-refractivity contribution in [3.8, 4) is 0 Å². The van der Waals surface area contributed by atoms with E-state index in [0.29, 0.717) is 18.7 Å². The van der Waals surface area contributed by atoms with Crippen LogP contribution in [0, 0.1) is 17.0 Å². The lowest BCUT2D eigenvalue weighted by molar-refractivity contribution is -0.385. The van der Waals surface area contributed by atoms with Gasteiger partial charge in [0.25, 0.3) is 11.6 Å². The SMILES string of the molecule is COCC1(CNC(=O)c2cccc(C)c2[N+](=O)[O-])CCCN1.Cl. The molecule has 23 heavy (non-hydrogen) atoms. The first kappa shape index (κ1) is 19.3. The number of nitro benzene ring substituents is 1. The monoisotopic (exact) mass is 343 g/mol. The molecule has 0 bridgehead atoms. The summed E-state index contributed by atoms with van der Waals surface area (Å²) in [6, 6.07) is 4.75. The first-order valence-electron chi connectivity index (χ1n) is 7.25. The van der Waals surface area contributed by atoms with E-state index < -0.39 is 10.8 Å². The number of halogens is 1. The van der Waals surface area contributed by atoms with E-state index >= 15 is 0 Å². The van der Waals surface area contributed by atoms with Crippen LogP contribution in [0.25, 0.3) is 0 Å². The summed E-state index contributed by atoms with van der Waals surface area (Å²) in [7, 11) is 1.62. The summed E-state index contributed by atoms with van der Waals surface area (Å²) in [5, 5.41) is 17.3. The number of ether oxygens (including phenoxy) is 1. The van der Waals surface area contributed by atoms with Gasteiger partial charge in [0.15, 0.2) is 0 Å². The molecule has 1 aromatic carbocycles. The maximum atomic E-state index is 12.3. The zero-order chi connectivity index (χ0) is 16.2. The number of aryl methyl sites for hydroxylation is 1. The molecule has 1 amide bonds. The van der Waals surface area contributed by atoms with Crippen LogP contribution in [0.4, 0.5) is 5.69 Å². The van der Waals surface area contributed by atoms with Gasteiger partial charge in [-0.25, -0.2) is 0 Å². The number of nitrogens with one attached hydrogen (secondary N) is 2. The molecule has 1 aliphatic rings. The normalized spacial score (nSPS) is 19.9. The maximum Gasteiger partial charge on any atom is 0.285 e. The Morgan fingerprint density at radius 3 is 2.83 bits per heavy atom. The van der Waals surface area contributed by atoms with Crippen molar-refractivity contribution in [3.05, 3.63) is 39.4 Å². The van der Waals surface area contributed by atoms with Gasteiger partial charge in [-0.1, -0.05) is 12.1 Å². The Morgan fingerprint density at radius 2 is 2.26 bits per heavy atom. The van der Waals surface area contributed by atoms with E-state index in [9.17, 15) is 14.9 Å². The molecule has 0 spiro atoms. The molecule has 1 aliphatic heterocycles. The van der Waals surface area contributed by atoms with Crippen LogP contribution in [0.1, 0.15) is 28.8 Å². The molecule has 0 radical (unpaired) electrons. The average Bonchev–Trinajstić information content (AvgIpc) is 2.93. The van der Waals surface area contributed by atoms with Crippen molar-refractivity contribution in [3.63, 3.8) is 0 Å². The Balaban J connectivity index is 0.00000264. The van der Waals surface area contributed by atoms with Crippen molar-refractivity contribution >= 4 is 24.0 Å². The van der Waals surface area contributed by atoms with E-state index in [1.165, 1.54) is 6.07 Å². The van der Waals surface area contributed by atoms with Crippen molar-refractivity contribution < 1.29 is 14.5 Å². The highest BCUT2D eigenvalue weighted by Crippen LogP contribution is 2.24. The number of benzene rings is 1. The number of nitro groups is 1. The number of rotatable bonds is 6. The summed E-state index contributed by atoms with van der Waals surface area (Å²) in [5.74, 6) is -0.431. The molecule has 1 aromatic rings. The molecular weight excluding hydrogens is 322 g/mol.